The van der Waals surface area contributed by atoms with Crippen LogP contribution in [0.15, 0.2) is 0 Å². The number of aliphatic hydroxyl groups excluding tert-OH is 1. The molecule has 0 rings (SSSR count). The van der Waals surface area contributed by atoms with Crippen molar-refractivity contribution >= 4 is 39.5 Å². The van der Waals surface area contributed by atoms with Crippen LogP contribution in [-0.4, -0.2) is 96.7 Å². The second kappa shape index (κ2) is 77.8. The number of aliphatic hydroxyl groups is 1. The lowest BCUT2D eigenvalue weighted by Crippen LogP contribution is -2.30. The minimum absolute atomic E-state index is 0.108. The number of unbranched alkanes of at least 4 members (excludes halogenated alkanes) is 56. The molecule has 0 aliphatic heterocycles. The molecular formula is C85H166O17P2. The van der Waals surface area contributed by atoms with Gasteiger partial charge < -0.3 is 33.8 Å². The molecule has 0 aromatic rings. The monoisotopic (exact) mass is 1520 g/mol. The second-order valence-electron chi connectivity index (χ2n) is 30.8. The molecule has 3 unspecified atom stereocenters. The molecule has 0 radical (unpaired) electrons. The summed E-state index contributed by atoms with van der Waals surface area (Å²) in [5.41, 5.74) is 0. The Morgan fingerprint density at radius 2 is 0.462 bits per heavy atom. The first-order valence-corrected chi connectivity index (χ1v) is 47.2. The fourth-order valence-corrected chi connectivity index (χ4v) is 14.8. The van der Waals surface area contributed by atoms with Crippen LogP contribution in [0, 0.1) is 5.92 Å². The highest BCUT2D eigenvalue weighted by molar-refractivity contribution is 7.47. The summed E-state index contributed by atoms with van der Waals surface area (Å²) < 4.78 is 68.8. The molecule has 0 fully saturated rings. The normalized spacial score (nSPS) is 14.0. The summed E-state index contributed by atoms with van der Waals surface area (Å²) in [5, 5.41) is 10.7. The van der Waals surface area contributed by atoms with Gasteiger partial charge in [-0.05, 0) is 31.6 Å². The van der Waals surface area contributed by atoms with Crippen molar-refractivity contribution in [2.24, 2.45) is 5.92 Å². The van der Waals surface area contributed by atoms with E-state index in [-0.39, 0.29) is 25.7 Å². The van der Waals surface area contributed by atoms with E-state index in [1.54, 1.807) is 0 Å². The summed E-state index contributed by atoms with van der Waals surface area (Å²) in [6, 6.07) is 0. The fourth-order valence-electron chi connectivity index (χ4n) is 13.3. The summed E-state index contributed by atoms with van der Waals surface area (Å²) in [6.07, 6.45) is 70.9. The summed E-state index contributed by atoms with van der Waals surface area (Å²) in [6.45, 7) is 7.32. The smallest absolute Gasteiger partial charge is 0.462 e. The number of phosphoric acid groups is 2. The second-order valence-corrected chi connectivity index (χ2v) is 33.7. The highest BCUT2D eigenvalue weighted by atomic mass is 31.2. The molecule has 0 amide bonds. The van der Waals surface area contributed by atoms with Crippen LogP contribution < -0.4 is 0 Å². The summed E-state index contributed by atoms with van der Waals surface area (Å²) in [7, 11) is -9.92. The van der Waals surface area contributed by atoms with Crippen LogP contribution in [0.3, 0.4) is 0 Å². The molecule has 0 aliphatic rings. The molecule has 17 nitrogen and oxygen atoms in total. The molecule has 19 heteroatoms. The van der Waals surface area contributed by atoms with E-state index in [9.17, 15) is 43.2 Å². The Labute approximate surface area is 638 Å². The van der Waals surface area contributed by atoms with Crippen LogP contribution in [0.2, 0.25) is 0 Å². The first kappa shape index (κ1) is 102. The van der Waals surface area contributed by atoms with Gasteiger partial charge in [0.2, 0.25) is 0 Å². The highest BCUT2D eigenvalue weighted by Crippen LogP contribution is 2.45. The molecule has 0 bridgehead atoms. The molecule has 0 saturated carbocycles. The van der Waals surface area contributed by atoms with Gasteiger partial charge in [0.25, 0.3) is 0 Å². The van der Waals surface area contributed by atoms with E-state index in [0.29, 0.717) is 25.7 Å². The van der Waals surface area contributed by atoms with Crippen LogP contribution in [-0.2, 0) is 65.4 Å². The number of ether oxygens (including phenoxy) is 4. The number of phosphoric ester groups is 2. The number of hydrogen-bond donors (Lipinski definition) is 3. The zero-order valence-corrected chi connectivity index (χ0v) is 70.0. The third kappa shape index (κ3) is 76.8. The van der Waals surface area contributed by atoms with E-state index in [1.807, 2.05) is 0 Å². The average molecular weight is 1520 g/mol. The Hall–Kier alpha value is -1.94. The molecular weight excluding hydrogens is 1350 g/mol. The number of carbonyl (C=O) groups excluding carboxylic acids is 4. The summed E-state index contributed by atoms with van der Waals surface area (Å²) in [5.74, 6) is -1.37. The van der Waals surface area contributed by atoms with Crippen LogP contribution in [0.25, 0.3) is 0 Å². The Morgan fingerprint density at radius 3 is 0.683 bits per heavy atom. The topological polar surface area (TPSA) is 237 Å². The van der Waals surface area contributed by atoms with Gasteiger partial charge in [0.1, 0.15) is 19.3 Å². The lowest BCUT2D eigenvalue weighted by molar-refractivity contribution is -0.161. The van der Waals surface area contributed by atoms with E-state index in [2.05, 4.69) is 34.6 Å². The lowest BCUT2D eigenvalue weighted by Gasteiger charge is -2.21. The maximum absolute atomic E-state index is 13.1. The van der Waals surface area contributed by atoms with E-state index in [4.69, 9.17) is 37.0 Å². The van der Waals surface area contributed by atoms with Crippen molar-refractivity contribution in [1.29, 1.82) is 0 Å². The summed E-state index contributed by atoms with van der Waals surface area (Å²) in [4.78, 5) is 73.2. The van der Waals surface area contributed by atoms with Crippen molar-refractivity contribution in [1.82, 2.24) is 0 Å². The predicted molar refractivity (Wildman–Crippen MR) is 428 cm³/mol. The van der Waals surface area contributed by atoms with Crippen LogP contribution in [0.1, 0.15) is 458 Å². The standard InChI is InChI=1S/C85H166O17P2/c1-6-10-13-16-19-22-25-28-31-33-35-37-39-41-44-46-49-52-58-63-68-82(87)95-74-80(101-84(89)71-66-61-54-51-48-45-42-40-38-36-34-32-29-26-23-20-17-14-11-7-2)76-99-103(91,92)97-72-79(86)73-98-104(93,94)100-77-81(75-96-83(88)69-64-59-56-55-57-62-67-78(5)9-4)102-85(90)70-65-60-53-50-47-43-30-27-24-21-18-15-12-8-3/h78-81,86H,6-77H2,1-5H3,(H,91,92)(H,93,94)/t78?,79-,80-,81-/m1/s1. The summed E-state index contributed by atoms with van der Waals surface area (Å²) >= 11 is 0. The third-order valence-corrected chi connectivity index (χ3v) is 22.3. The molecule has 0 saturated heterocycles. The molecule has 0 aromatic heterocycles. The van der Waals surface area contributed by atoms with Crippen molar-refractivity contribution in [2.75, 3.05) is 39.6 Å². The lowest BCUT2D eigenvalue weighted by atomic mass is 10.00. The van der Waals surface area contributed by atoms with Crippen molar-refractivity contribution < 1.29 is 80.2 Å². The maximum Gasteiger partial charge on any atom is 0.472 e. The van der Waals surface area contributed by atoms with Gasteiger partial charge in [-0.1, -0.05) is 407 Å². The highest BCUT2D eigenvalue weighted by Gasteiger charge is 2.30. The van der Waals surface area contributed by atoms with Crippen molar-refractivity contribution in [3.05, 3.63) is 0 Å². The van der Waals surface area contributed by atoms with Crippen LogP contribution in [0.5, 0.6) is 0 Å². The quantitative estimate of drug-likeness (QED) is 0.0222. The number of esters is 4. The number of hydrogen-bond acceptors (Lipinski definition) is 15. The molecule has 0 spiro atoms. The van der Waals surface area contributed by atoms with Gasteiger partial charge in [-0.2, -0.15) is 0 Å². The Morgan fingerprint density at radius 1 is 0.269 bits per heavy atom. The van der Waals surface area contributed by atoms with Crippen molar-refractivity contribution in [3.63, 3.8) is 0 Å². The average Bonchev–Trinajstić information content (AvgIpc) is 0.905. The van der Waals surface area contributed by atoms with Gasteiger partial charge in [-0.15, -0.1) is 0 Å². The fraction of sp³-hybridized carbons (Fsp3) is 0.953. The Bertz CT molecular complexity index is 1980. The van der Waals surface area contributed by atoms with E-state index in [0.717, 1.165) is 102 Å². The van der Waals surface area contributed by atoms with E-state index in [1.165, 1.54) is 276 Å². The zero-order chi connectivity index (χ0) is 76.2. The zero-order valence-electron chi connectivity index (χ0n) is 68.2. The SMILES string of the molecule is CCCCCCCCCCCCCCCCCCCCCCC(=O)OC[C@H](COP(=O)(O)OC[C@@H](O)COP(=O)(O)OC[C@@H](COC(=O)CCCCCCCCC(C)CC)OC(=O)CCCCCCCCCCCCCCCC)OC(=O)CCCCCCCCCCCCCCCCCCCCCC. The molecule has 6 atom stereocenters. The molecule has 0 heterocycles. The van der Waals surface area contributed by atoms with Crippen LogP contribution >= 0.6 is 15.6 Å². The Balaban J connectivity index is 5.22. The number of carbonyl (C=O) groups is 4. The molecule has 618 valence electrons. The third-order valence-electron chi connectivity index (χ3n) is 20.4. The van der Waals surface area contributed by atoms with Gasteiger partial charge >= 0.3 is 39.5 Å². The van der Waals surface area contributed by atoms with E-state index >= 15 is 0 Å². The van der Waals surface area contributed by atoms with Gasteiger partial charge in [0.05, 0.1) is 26.4 Å². The van der Waals surface area contributed by atoms with E-state index < -0.39 is 97.5 Å². The van der Waals surface area contributed by atoms with Crippen LogP contribution in [0.4, 0.5) is 0 Å². The van der Waals surface area contributed by atoms with Gasteiger partial charge in [0, 0.05) is 25.7 Å². The van der Waals surface area contributed by atoms with Crippen molar-refractivity contribution in [2.45, 2.75) is 477 Å². The number of rotatable bonds is 85. The van der Waals surface area contributed by atoms with Gasteiger partial charge in [-0.3, -0.25) is 37.3 Å². The molecule has 3 N–H and O–H groups in total. The minimum Gasteiger partial charge on any atom is -0.462 e. The minimum atomic E-state index is -4.96. The molecule has 0 aromatic carbocycles. The predicted octanol–water partition coefficient (Wildman–Crippen LogP) is 26.0. The van der Waals surface area contributed by atoms with Gasteiger partial charge in [0.15, 0.2) is 12.2 Å². The first-order valence-electron chi connectivity index (χ1n) is 44.2. The maximum atomic E-state index is 13.1. The largest absolute Gasteiger partial charge is 0.472 e. The first-order chi connectivity index (χ1) is 50.6. The molecule has 0 aliphatic carbocycles. The van der Waals surface area contributed by atoms with Gasteiger partial charge in [-0.25, -0.2) is 9.13 Å². The van der Waals surface area contributed by atoms with Crippen molar-refractivity contribution in [3.8, 4) is 0 Å². The molecule has 104 heavy (non-hydrogen) atoms. The Kier molecular flexibility index (Phi) is 76.3.